The molecule has 0 saturated heterocycles. The second kappa shape index (κ2) is 7.16. The van der Waals surface area contributed by atoms with Gasteiger partial charge in [-0.25, -0.2) is 8.78 Å². The number of benzene rings is 2. The van der Waals surface area contributed by atoms with E-state index in [2.05, 4.69) is 0 Å². The zero-order valence-corrected chi connectivity index (χ0v) is 12.5. The predicted molar refractivity (Wildman–Crippen MR) is 81.2 cm³/mol. The van der Waals surface area contributed by atoms with Crippen molar-refractivity contribution in [3.05, 3.63) is 65.7 Å². The van der Waals surface area contributed by atoms with Crippen molar-refractivity contribution in [3.8, 4) is 16.9 Å². The van der Waals surface area contributed by atoms with Crippen LogP contribution < -0.4 is 4.74 Å². The van der Waals surface area contributed by atoms with Crippen LogP contribution in [0.25, 0.3) is 11.1 Å². The molecular weight excluding hydrogens is 289 g/mol. The van der Waals surface area contributed by atoms with Crippen molar-refractivity contribution in [2.75, 3.05) is 0 Å². The van der Waals surface area contributed by atoms with E-state index in [1.807, 2.05) is 6.92 Å². The van der Waals surface area contributed by atoms with Gasteiger partial charge in [0, 0.05) is 5.56 Å². The molecule has 0 N–H and O–H groups in total. The third kappa shape index (κ3) is 3.32. The maximum atomic E-state index is 14.2. The van der Waals surface area contributed by atoms with Crippen molar-refractivity contribution in [1.82, 2.24) is 0 Å². The first-order valence-electron chi connectivity index (χ1n) is 7.13. The maximum Gasteiger partial charge on any atom is 0.201 e. The van der Waals surface area contributed by atoms with Crippen LogP contribution in [0.4, 0.5) is 13.2 Å². The molecule has 0 amide bonds. The summed E-state index contributed by atoms with van der Waals surface area (Å²) in [6, 6.07) is 7.14. The summed E-state index contributed by atoms with van der Waals surface area (Å²) in [6.45, 7) is 3.65. The van der Waals surface area contributed by atoms with Crippen LogP contribution in [0.3, 0.4) is 0 Å². The summed E-state index contributed by atoms with van der Waals surface area (Å²) in [5, 5.41) is 0. The Hall–Kier alpha value is -2.23. The maximum absolute atomic E-state index is 14.2. The second-order valence-electron chi connectivity index (χ2n) is 4.88. The van der Waals surface area contributed by atoms with Crippen LogP contribution in [-0.4, -0.2) is 0 Å². The molecule has 2 rings (SSSR count). The number of aryl methyl sites for hydroxylation is 1. The van der Waals surface area contributed by atoms with Crippen molar-refractivity contribution in [2.24, 2.45) is 0 Å². The fourth-order valence-electron chi connectivity index (χ4n) is 2.17. The highest BCUT2D eigenvalue weighted by molar-refractivity contribution is 5.65. The molecule has 0 aliphatic carbocycles. The Kier molecular flexibility index (Phi) is 5.26. The lowest BCUT2D eigenvalue weighted by atomic mass is 10.0. The van der Waals surface area contributed by atoms with Crippen molar-refractivity contribution in [1.29, 1.82) is 0 Å². The molecule has 0 atom stereocenters. The Morgan fingerprint density at radius 3 is 2.45 bits per heavy atom. The third-order valence-electron chi connectivity index (χ3n) is 3.26. The minimum absolute atomic E-state index is 0.00674. The van der Waals surface area contributed by atoms with Crippen LogP contribution in [0.1, 0.15) is 25.8 Å². The molecule has 4 heteroatoms. The molecule has 0 aliphatic rings. The number of rotatable bonds is 5. The quantitative estimate of drug-likeness (QED) is 0.650. The minimum Gasteiger partial charge on any atom is -0.462 e. The summed E-state index contributed by atoms with van der Waals surface area (Å²) >= 11 is 0. The van der Waals surface area contributed by atoms with Crippen molar-refractivity contribution < 1.29 is 17.9 Å². The van der Waals surface area contributed by atoms with Crippen LogP contribution in [0.2, 0.25) is 0 Å². The van der Waals surface area contributed by atoms with Gasteiger partial charge in [-0.1, -0.05) is 31.6 Å². The number of hydrogen-bond donors (Lipinski definition) is 0. The van der Waals surface area contributed by atoms with E-state index < -0.39 is 17.5 Å². The number of halogens is 3. The predicted octanol–water partition coefficient (Wildman–Crippen LogP) is 5.64. The van der Waals surface area contributed by atoms with E-state index in [0.717, 1.165) is 6.42 Å². The molecule has 0 bridgehead atoms. The second-order valence-corrected chi connectivity index (χ2v) is 4.88. The molecule has 1 nitrogen and oxygen atoms in total. The van der Waals surface area contributed by atoms with Gasteiger partial charge in [0.1, 0.15) is 5.82 Å². The first-order chi connectivity index (χ1) is 10.6. The smallest absolute Gasteiger partial charge is 0.201 e. The Balaban J connectivity index is 2.41. The van der Waals surface area contributed by atoms with Crippen LogP contribution in [-0.2, 0) is 6.42 Å². The molecule has 0 saturated carbocycles. The van der Waals surface area contributed by atoms with Gasteiger partial charge in [0.15, 0.2) is 11.6 Å². The summed E-state index contributed by atoms with van der Waals surface area (Å²) < 4.78 is 47.0. The van der Waals surface area contributed by atoms with Gasteiger partial charge in [0.2, 0.25) is 5.82 Å². The standard InChI is InChI=1S/C18H17F3O/c1-3-5-12-6-7-13(11-15(12)19)14-8-9-16(22-10-4-2)18(21)17(14)20/h4,6-11H,3,5H2,1-2H3. The highest BCUT2D eigenvalue weighted by Gasteiger charge is 2.16. The zero-order valence-electron chi connectivity index (χ0n) is 12.5. The van der Waals surface area contributed by atoms with E-state index in [-0.39, 0.29) is 11.3 Å². The molecule has 0 aliphatic heterocycles. The first kappa shape index (κ1) is 16.1. The monoisotopic (exact) mass is 306 g/mol. The molecule has 0 spiro atoms. The van der Waals surface area contributed by atoms with Gasteiger partial charge in [0.25, 0.3) is 0 Å². The number of hydrogen-bond acceptors (Lipinski definition) is 1. The Labute approximate surface area is 128 Å². The topological polar surface area (TPSA) is 9.23 Å². The van der Waals surface area contributed by atoms with Crippen molar-refractivity contribution >= 4 is 0 Å². The Bertz CT molecular complexity index is 693. The van der Waals surface area contributed by atoms with E-state index >= 15 is 0 Å². The average Bonchev–Trinajstić information content (AvgIpc) is 2.51. The molecule has 2 aromatic carbocycles. The van der Waals surface area contributed by atoms with Crippen LogP contribution in [0, 0.1) is 17.5 Å². The van der Waals surface area contributed by atoms with Crippen LogP contribution >= 0.6 is 0 Å². The number of ether oxygens (including phenoxy) is 1. The average molecular weight is 306 g/mol. The Morgan fingerprint density at radius 2 is 1.82 bits per heavy atom. The fraction of sp³-hybridized carbons (Fsp3) is 0.222. The van der Waals surface area contributed by atoms with Crippen molar-refractivity contribution in [3.63, 3.8) is 0 Å². The Morgan fingerprint density at radius 1 is 1.05 bits per heavy atom. The lowest BCUT2D eigenvalue weighted by molar-refractivity contribution is 0.415. The van der Waals surface area contributed by atoms with E-state index in [4.69, 9.17) is 4.74 Å². The van der Waals surface area contributed by atoms with Crippen LogP contribution in [0.15, 0.2) is 42.7 Å². The van der Waals surface area contributed by atoms with Gasteiger partial charge in [-0.3, -0.25) is 0 Å². The molecule has 0 fully saturated rings. The van der Waals surface area contributed by atoms with E-state index in [1.54, 1.807) is 25.1 Å². The molecule has 2 aromatic rings. The summed E-state index contributed by atoms with van der Waals surface area (Å²) in [5.74, 6) is -2.76. The highest BCUT2D eigenvalue weighted by Crippen LogP contribution is 2.31. The molecule has 0 radical (unpaired) electrons. The highest BCUT2D eigenvalue weighted by atomic mass is 19.2. The van der Waals surface area contributed by atoms with E-state index in [0.29, 0.717) is 17.5 Å². The molecular formula is C18H17F3O. The molecule has 0 aromatic heterocycles. The minimum atomic E-state index is -1.09. The molecule has 116 valence electrons. The summed E-state index contributed by atoms with van der Waals surface area (Å²) in [4.78, 5) is 0. The van der Waals surface area contributed by atoms with Crippen LogP contribution in [0.5, 0.6) is 5.75 Å². The summed E-state index contributed by atoms with van der Waals surface area (Å²) in [6.07, 6.45) is 4.25. The number of allylic oxidation sites excluding steroid dienone is 1. The van der Waals surface area contributed by atoms with Gasteiger partial charge < -0.3 is 4.74 Å². The first-order valence-corrected chi connectivity index (χ1v) is 7.13. The zero-order chi connectivity index (χ0) is 16.1. The largest absolute Gasteiger partial charge is 0.462 e. The van der Waals surface area contributed by atoms with Gasteiger partial charge in [-0.05, 0) is 42.7 Å². The van der Waals surface area contributed by atoms with Gasteiger partial charge in [-0.15, -0.1) is 0 Å². The normalized spacial score (nSPS) is 11.1. The lowest BCUT2D eigenvalue weighted by Crippen LogP contribution is -1.96. The van der Waals surface area contributed by atoms with Crippen molar-refractivity contribution in [2.45, 2.75) is 26.7 Å². The molecule has 0 heterocycles. The van der Waals surface area contributed by atoms with Gasteiger partial charge in [-0.2, -0.15) is 4.39 Å². The van der Waals surface area contributed by atoms with E-state index in [1.165, 1.54) is 24.5 Å². The lowest BCUT2D eigenvalue weighted by Gasteiger charge is -2.09. The molecule has 22 heavy (non-hydrogen) atoms. The molecule has 0 unspecified atom stereocenters. The summed E-state index contributed by atoms with van der Waals surface area (Å²) in [5.41, 5.74) is 0.874. The SMILES string of the molecule is CC=COc1ccc(-c2ccc(CCC)c(F)c2)c(F)c1F. The summed E-state index contributed by atoms with van der Waals surface area (Å²) in [7, 11) is 0. The third-order valence-corrected chi connectivity index (χ3v) is 3.26. The fourth-order valence-corrected chi connectivity index (χ4v) is 2.17. The van der Waals surface area contributed by atoms with Gasteiger partial charge in [0.05, 0.1) is 6.26 Å². The van der Waals surface area contributed by atoms with E-state index in [9.17, 15) is 13.2 Å². The van der Waals surface area contributed by atoms with Gasteiger partial charge >= 0.3 is 0 Å².